The van der Waals surface area contributed by atoms with Gasteiger partial charge in [0.05, 0.1) is 11.6 Å². The second-order valence-electron chi connectivity index (χ2n) is 4.35. The van der Waals surface area contributed by atoms with E-state index in [2.05, 4.69) is 10.3 Å². The topological polar surface area (TPSA) is 50.1 Å². The van der Waals surface area contributed by atoms with Crippen molar-refractivity contribution in [3.63, 3.8) is 0 Å². The molecule has 2 unspecified atom stereocenters. The third-order valence-electron chi connectivity index (χ3n) is 2.80. The summed E-state index contributed by atoms with van der Waals surface area (Å²) >= 11 is 0. The van der Waals surface area contributed by atoms with Crippen LogP contribution in [0.25, 0.3) is 0 Å². The van der Waals surface area contributed by atoms with E-state index in [9.17, 15) is 5.11 Å². The summed E-state index contributed by atoms with van der Waals surface area (Å²) in [4.78, 5) is 4.26. The highest BCUT2D eigenvalue weighted by molar-refractivity contribution is 4.97. The third-order valence-corrected chi connectivity index (χ3v) is 2.80. The lowest BCUT2D eigenvalue weighted by atomic mass is 10.0. The van der Waals surface area contributed by atoms with Gasteiger partial charge in [0.2, 0.25) is 0 Å². The molecule has 4 nitrogen and oxygen atoms in total. The minimum absolute atomic E-state index is 0.156. The van der Waals surface area contributed by atoms with Crippen LogP contribution in [0.1, 0.15) is 39.1 Å². The van der Waals surface area contributed by atoms with Crippen LogP contribution in [-0.4, -0.2) is 26.8 Å². The molecular formula is C11H21N3O. The van der Waals surface area contributed by atoms with Crippen molar-refractivity contribution >= 4 is 0 Å². The van der Waals surface area contributed by atoms with Gasteiger partial charge in [-0.15, -0.1) is 0 Å². The Hall–Kier alpha value is -0.870. The minimum Gasteiger partial charge on any atom is -0.389 e. The Morgan fingerprint density at radius 3 is 2.80 bits per heavy atom. The number of rotatable bonds is 5. The number of hydrogen-bond donors (Lipinski definition) is 2. The van der Waals surface area contributed by atoms with Gasteiger partial charge < -0.3 is 15.0 Å². The lowest BCUT2D eigenvalue weighted by Gasteiger charge is -2.24. The molecule has 0 saturated carbocycles. The Balaban J connectivity index is 2.50. The van der Waals surface area contributed by atoms with Gasteiger partial charge in [-0.25, -0.2) is 4.98 Å². The number of aliphatic hydroxyl groups is 1. The Labute approximate surface area is 91.3 Å². The summed E-state index contributed by atoms with van der Waals surface area (Å²) in [7, 11) is 1.97. The quantitative estimate of drug-likeness (QED) is 0.770. The molecule has 0 saturated heterocycles. The summed E-state index contributed by atoms with van der Waals surface area (Å²) in [6.07, 6.45) is 4.45. The Bertz CT molecular complexity index is 307. The van der Waals surface area contributed by atoms with E-state index in [0.29, 0.717) is 6.54 Å². The van der Waals surface area contributed by atoms with Crippen LogP contribution in [0.4, 0.5) is 0 Å². The van der Waals surface area contributed by atoms with Crippen LogP contribution in [0.3, 0.4) is 0 Å². The van der Waals surface area contributed by atoms with E-state index >= 15 is 0 Å². The minimum atomic E-state index is -0.639. The molecule has 4 heteroatoms. The van der Waals surface area contributed by atoms with E-state index in [1.54, 1.807) is 6.20 Å². The molecular weight excluding hydrogens is 190 g/mol. The van der Waals surface area contributed by atoms with Crippen molar-refractivity contribution in [2.45, 2.75) is 38.8 Å². The van der Waals surface area contributed by atoms with E-state index in [1.165, 1.54) is 0 Å². The van der Waals surface area contributed by atoms with Gasteiger partial charge in [-0.05, 0) is 20.3 Å². The molecule has 2 N–H and O–H groups in total. The number of aromatic nitrogens is 2. The lowest BCUT2D eigenvalue weighted by molar-refractivity contribution is 0.0530. The molecule has 0 spiro atoms. The van der Waals surface area contributed by atoms with Gasteiger partial charge in [0.15, 0.2) is 0 Å². The van der Waals surface area contributed by atoms with Gasteiger partial charge >= 0.3 is 0 Å². The Morgan fingerprint density at radius 1 is 1.67 bits per heavy atom. The van der Waals surface area contributed by atoms with Crippen LogP contribution < -0.4 is 5.32 Å². The molecule has 2 atom stereocenters. The lowest BCUT2D eigenvalue weighted by Crippen LogP contribution is -2.38. The van der Waals surface area contributed by atoms with Gasteiger partial charge in [-0.1, -0.05) is 6.92 Å². The van der Waals surface area contributed by atoms with E-state index < -0.39 is 5.60 Å². The van der Waals surface area contributed by atoms with Crippen LogP contribution in [0.5, 0.6) is 0 Å². The Kier molecular flexibility index (Phi) is 3.88. The predicted octanol–water partition coefficient (Wildman–Crippen LogP) is 1.23. The van der Waals surface area contributed by atoms with Gasteiger partial charge in [-0.3, -0.25) is 0 Å². The zero-order valence-electron chi connectivity index (χ0n) is 9.99. The molecule has 0 aliphatic carbocycles. The molecule has 1 aromatic rings. The zero-order chi connectivity index (χ0) is 11.5. The second-order valence-corrected chi connectivity index (χ2v) is 4.35. The van der Waals surface area contributed by atoms with Crippen molar-refractivity contribution in [3.8, 4) is 0 Å². The highest BCUT2D eigenvalue weighted by atomic mass is 16.3. The first-order valence-electron chi connectivity index (χ1n) is 5.39. The third kappa shape index (κ3) is 3.32. The molecule has 0 aromatic carbocycles. The number of nitrogens with zero attached hydrogens (tertiary/aromatic N) is 2. The van der Waals surface area contributed by atoms with Crippen LogP contribution in [0, 0.1) is 0 Å². The van der Waals surface area contributed by atoms with Gasteiger partial charge in [0, 0.05) is 26.0 Å². The van der Waals surface area contributed by atoms with Crippen LogP contribution in [0.15, 0.2) is 12.4 Å². The van der Waals surface area contributed by atoms with Crippen molar-refractivity contribution in [2.24, 2.45) is 7.05 Å². The average molecular weight is 211 g/mol. The van der Waals surface area contributed by atoms with Crippen molar-refractivity contribution in [3.05, 3.63) is 18.2 Å². The molecule has 1 aromatic heterocycles. The SMILES string of the molecule is CCC(C)(O)CNC(C)c1nccn1C. The van der Waals surface area contributed by atoms with E-state index in [0.717, 1.165) is 12.2 Å². The van der Waals surface area contributed by atoms with Gasteiger partial charge in [0.25, 0.3) is 0 Å². The maximum absolute atomic E-state index is 9.85. The first kappa shape index (κ1) is 12.2. The summed E-state index contributed by atoms with van der Waals surface area (Å²) in [5.41, 5.74) is -0.639. The Morgan fingerprint density at radius 2 is 2.33 bits per heavy atom. The maximum atomic E-state index is 9.85. The van der Waals surface area contributed by atoms with E-state index in [4.69, 9.17) is 0 Å². The van der Waals surface area contributed by atoms with Gasteiger partial charge in [0.1, 0.15) is 5.82 Å². The largest absolute Gasteiger partial charge is 0.389 e. The molecule has 0 radical (unpaired) electrons. The maximum Gasteiger partial charge on any atom is 0.125 e. The number of nitrogens with one attached hydrogen (secondary N) is 1. The smallest absolute Gasteiger partial charge is 0.125 e. The molecule has 1 heterocycles. The molecule has 0 bridgehead atoms. The van der Waals surface area contributed by atoms with Crippen LogP contribution >= 0.6 is 0 Å². The van der Waals surface area contributed by atoms with E-state index in [1.807, 2.05) is 38.6 Å². The van der Waals surface area contributed by atoms with Crippen molar-refractivity contribution in [1.82, 2.24) is 14.9 Å². The summed E-state index contributed by atoms with van der Waals surface area (Å²) in [5, 5.41) is 13.1. The fraction of sp³-hybridized carbons (Fsp3) is 0.727. The average Bonchev–Trinajstić information content (AvgIpc) is 2.61. The summed E-state index contributed by atoms with van der Waals surface area (Å²) in [5.74, 6) is 0.988. The fourth-order valence-electron chi connectivity index (χ4n) is 1.38. The predicted molar refractivity (Wildman–Crippen MR) is 60.5 cm³/mol. The molecule has 0 amide bonds. The monoisotopic (exact) mass is 211 g/mol. The van der Waals surface area contributed by atoms with E-state index in [-0.39, 0.29) is 6.04 Å². The first-order valence-corrected chi connectivity index (χ1v) is 5.39. The standard InChI is InChI=1S/C11H21N3O/c1-5-11(3,15)8-13-9(2)10-12-6-7-14(10)4/h6-7,9,13,15H,5,8H2,1-4H3. The number of imidazole rings is 1. The first-order chi connectivity index (χ1) is 6.96. The second kappa shape index (κ2) is 4.77. The highest BCUT2D eigenvalue weighted by Crippen LogP contribution is 2.12. The molecule has 0 fully saturated rings. The molecule has 0 aliphatic rings. The molecule has 0 aliphatic heterocycles. The summed E-state index contributed by atoms with van der Waals surface area (Å²) in [6, 6.07) is 0.156. The van der Waals surface area contributed by atoms with Crippen molar-refractivity contribution in [1.29, 1.82) is 0 Å². The summed E-state index contributed by atoms with van der Waals surface area (Å²) in [6.45, 7) is 6.45. The molecule has 15 heavy (non-hydrogen) atoms. The number of hydrogen-bond acceptors (Lipinski definition) is 3. The van der Waals surface area contributed by atoms with Crippen molar-refractivity contribution < 1.29 is 5.11 Å². The normalized spacial score (nSPS) is 17.4. The molecule has 1 rings (SSSR count). The van der Waals surface area contributed by atoms with Crippen LogP contribution in [0.2, 0.25) is 0 Å². The van der Waals surface area contributed by atoms with Gasteiger partial charge in [-0.2, -0.15) is 0 Å². The summed E-state index contributed by atoms with van der Waals surface area (Å²) < 4.78 is 1.98. The zero-order valence-corrected chi connectivity index (χ0v) is 9.99. The fourth-order valence-corrected chi connectivity index (χ4v) is 1.38. The van der Waals surface area contributed by atoms with Crippen molar-refractivity contribution in [2.75, 3.05) is 6.54 Å². The molecule has 86 valence electrons. The highest BCUT2D eigenvalue weighted by Gasteiger charge is 2.19. The number of aryl methyl sites for hydroxylation is 1. The van der Waals surface area contributed by atoms with Crippen LogP contribution in [-0.2, 0) is 7.05 Å².